The van der Waals surface area contributed by atoms with Crippen molar-refractivity contribution in [2.24, 2.45) is 0 Å². The van der Waals surface area contributed by atoms with E-state index in [2.05, 4.69) is 16.0 Å². The van der Waals surface area contributed by atoms with E-state index >= 15 is 0 Å². The number of aryl methyl sites for hydroxylation is 2. The molecule has 0 spiro atoms. The molecule has 0 saturated carbocycles. The highest BCUT2D eigenvalue weighted by Crippen LogP contribution is 2.33. The number of hydrogen-bond acceptors (Lipinski definition) is 4. The van der Waals surface area contributed by atoms with E-state index in [9.17, 15) is 27.6 Å². The Morgan fingerprint density at radius 3 is 1.94 bits per heavy atom. The van der Waals surface area contributed by atoms with Gasteiger partial charge in [-0.3, -0.25) is 9.59 Å². The summed E-state index contributed by atoms with van der Waals surface area (Å²) in [5.74, 6) is -0.896. The van der Waals surface area contributed by atoms with Crippen LogP contribution in [-0.2, 0) is 17.5 Å². The zero-order valence-corrected chi connectivity index (χ0v) is 29.7. The Balaban J connectivity index is 1.38. The van der Waals surface area contributed by atoms with E-state index in [0.717, 1.165) is 28.8 Å². The predicted octanol–water partition coefficient (Wildman–Crippen LogP) is 9.88. The first-order chi connectivity index (χ1) is 24.6. The van der Waals surface area contributed by atoms with Crippen molar-refractivity contribution in [2.45, 2.75) is 59.4 Å². The van der Waals surface area contributed by atoms with Gasteiger partial charge in [0, 0.05) is 36.1 Å². The average molecular weight is 711 g/mol. The molecule has 0 aliphatic rings. The highest BCUT2D eigenvalue weighted by molar-refractivity contribution is 6.11. The van der Waals surface area contributed by atoms with Gasteiger partial charge in [0.1, 0.15) is 11.3 Å². The minimum absolute atomic E-state index is 0.246. The van der Waals surface area contributed by atoms with E-state index in [4.69, 9.17) is 4.74 Å². The third-order valence-corrected chi connectivity index (χ3v) is 8.26. The molecule has 0 aliphatic carbocycles. The normalized spacial score (nSPS) is 11.5. The molecule has 4 aromatic carbocycles. The predicted molar refractivity (Wildman–Crippen MR) is 197 cm³/mol. The van der Waals surface area contributed by atoms with E-state index in [1.165, 1.54) is 12.1 Å². The maximum atomic E-state index is 13.8. The van der Waals surface area contributed by atoms with Gasteiger partial charge >= 0.3 is 12.3 Å². The molecule has 52 heavy (non-hydrogen) atoms. The van der Waals surface area contributed by atoms with Gasteiger partial charge in [0.25, 0.3) is 11.8 Å². The fourth-order valence-electron chi connectivity index (χ4n) is 5.66. The van der Waals surface area contributed by atoms with Gasteiger partial charge < -0.3 is 25.3 Å². The summed E-state index contributed by atoms with van der Waals surface area (Å²) in [6.45, 7) is 9.66. The second kappa shape index (κ2) is 15.6. The summed E-state index contributed by atoms with van der Waals surface area (Å²) < 4.78 is 46.6. The van der Waals surface area contributed by atoms with Gasteiger partial charge in [0.05, 0.1) is 11.3 Å². The van der Waals surface area contributed by atoms with Gasteiger partial charge in [-0.25, -0.2) is 4.79 Å². The number of alkyl carbamates (subject to hydrolysis) is 1. The fourth-order valence-corrected chi connectivity index (χ4v) is 5.66. The number of carbonyl (C=O) groups is 3. The summed E-state index contributed by atoms with van der Waals surface area (Å²) in [5, 5.41) is 8.59. The molecule has 0 fully saturated rings. The SMILES string of the molecule is Cc1ccc(-c2ccc(NC(=O)c3c(C)c(NC(=O)c4ccccc4-c4ccc(C(F)(F)F)cc4)cn3CCCNC(=O)OC(C)(C)C)cc2)cc1. The van der Waals surface area contributed by atoms with Crippen molar-refractivity contribution >= 4 is 29.3 Å². The topological polar surface area (TPSA) is 101 Å². The van der Waals surface area contributed by atoms with Crippen LogP contribution in [0.5, 0.6) is 0 Å². The Hall–Kier alpha value is -5.84. The number of rotatable bonds is 10. The number of anilines is 2. The number of hydrogen-bond donors (Lipinski definition) is 3. The number of ether oxygens (including phenoxy) is 1. The lowest BCUT2D eigenvalue weighted by Gasteiger charge is -2.19. The monoisotopic (exact) mass is 710 g/mol. The van der Waals surface area contributed by atoms with Crippen molar-refractivity contribution in [2.75, 3.05) is 17.2 Å². The lowest BCUT2D eigenvalue weighted by molar-refractivity contribution is -0.137. The number of benzene rings is 4. The molecule has 270 valence electrons. The highest BCUT2D eigenvalue weighted by Gasteiger charge is 2.30. The van der Waals surface area contributed by atoms with Crippen LogP contribution in [-0.4, -0.2) is 34.6 Å². The van der Waals surface area contributed by atoms with E-state index < -0.39 is 35.2 Å². The largest absolute Gasteiger partial charge is 0.444 e. The van der Waals surface area contributed by atoms with Crippen LogP contribution in [0, 0.1) is 13.8 Å². The number of halogens is 3. The molecule has 0 atom stereocenters. The van der Waals surface area contributed by atoms with Gasteiger partial charge in [-0.1, -0.05) is 72.3 Å². The minimum atomic E-state index is -4.49. The number of aromatic nitrogens is 1. The number of alkyl halides is 3. The number of nitrogens with zero attached hydrogens (tertiary/aromatic N) is 1. The Kier molecular flexibility index (Phi) is 11.2. The summed E-state index contributed by atoms with van der Waals surface area (Å²) in [6, 6.07) is 26.9. The minimum Gasteiger partial charge on any atom is -0.444 e. The number of amides is 3. The maximum absolute atomic E-state index is 13.8. The van der Waals surface area contributed by atoms with E-state index in [-0.39, 0.29) is 12.1 Å². The standard InChI is InChI=1S/C41H41F3N4O4/c1-26-11-13-28(14-12-26)29-17-21-32(22-18-29)46-38(50)36-27(2)35(25-48(36)24-8-23-45-39(51)52-40(3,4)5)47-37(49)34-10-7-6-9-33(34)30-15-19-31(20-16-30)41(42,43)44/h6-7,9-22,25H,8,23-24H2,1-5H3,(H,45,51)(H,46,50)(H,47,49). The average Bonchev–Trinajstić information content (AvgIpc) is 3.40. The second-order valence-corrected chi connectivity index (χ2v) is 13.5. The molecule has 0 saturated heterocycles. The molecule has 1 aromatic heterocycles. The van der Waals surface area contributed by atoms with E-state index in [0.29, 0.717) is 46.7 Å². The molecule has 8 nitrogen and oxygen atoms in total. The summed E-state index contributed by atoms with van der Waals surface area (Å²) >= 11 is 0. The molecule has 0 radical (unpaired) electrons. The van der Waals surface area contributed by atoms with Crippen molar-refractivity contribution in [3.8, 4) is 22.3 Å². The van der Waals surface area contributed by atoms with Gasteiger partial charge in [0.2, 0.25) is 0 Å². The van der Waals surface area contributed by atoms with Crippen LogP contribution in [0.3, 0.4) is 0 Å². The fraction of sp³-hybridized carbons (Fsp3) is 0.244. The van der Waals surface area contributed by atoms with Crippen LogP contribution < -0.4 is 16.0 Å². The maximum Gasteiger partial charge on any atom is 0.416 e. The third kappa shape index (κ3) is 9.48. The number of carbonyl (C=O) groups excluding carboxylic acids is 3. The molecule has 3 amide bonds. The van der Waals surface area contributed by atoms with Gasteiger partial charge in [-0.05, 0) is 93.6 Å². The Morgan fingerprint density at radius 2 is 1.33 bits per heavy atom. The Morgan fingerprint density at radius 1 is 0.731 bits per heavy atom. The van der Waals surface area contributed by atoms with Gasteiger partial charge in [0.15, 0.2) is 0 Å². The van der Waals surface area contributed by atoms with Crippen molar-refractivity contribution in [3.05, 3.63) is 131 Å². The molecule has 5 rings (SSSR count). The third-order valence-electron chi connectivity index (χ3n) is 8.26. The second-order valence-electron chi connectivity index (χ2n) is 13.5. The zero-order valence-electron chi connectivity index (χ0n) is 29.7. The summed E-state index contributed by atoms with van der Waals surface area (Å²) in [4.78, 5) is 39.7. The molecule has 5 aromatic rings. The lowest BCUT2D eigenvalue weighted by Crippen LogP contribution is -2.33. The van der Waals surface area contributed by atoms with Crippen LogP contribution in [0.2, 0.25) is 0 Å². The van der Waals surface area contributed by atoms with Crippen LogP contribution in [0.1, 0.15) is 64.7 Å². The molecular weight excluding hydrogens is 669 g/mol. The van der Waals surface area contributed by atoms with Crippen molar-refractivity contribution < 1.29 is 32.3 Å². The Labute approximate surface area is 301 Å². The summed E-state index contributed by atoms with van der Waals surface area (Å²) in [7, 11) is 0. The quantitative estimate of drug-likeness (QED) is 0.126. The zero-order chi connectivity index (χ0) is 37.6. The van der Waals surface area contributed by atoms with Gasteiger partial charge in [-0.15, -0.1) is 0 Å². The van der Waals surface area contributed by atoms with Crippen molar-refractivity contribution in [1.29, 1.82) is 0 Å². The van der Waals surface area contributed by atoms with Crippen LogP contribution in [0.4, 0.5) is 29.3 Å². The molecule has 1 heterocycles. The summed E-state index contributed by atoms with van der Waals surface area (Å²) in [5.41, 5.74) is 4.69. The molecule has 11 heteroatoms. The molecular formula is C41H41F3N4O4. The van der Waals surface area contributed by atoms with Gasteiger partial charge in [-0.2, -0.15) is 13.2 Å². The van der Waals surface area contributed by atoms with Crippen LogP contribution >= 0.6 is 0 Å². The van der Waals surface area contributed by atoms with Crippen molar-refractivity contribution in [3.63, 3.8) is 0 Å². The Bertz CT molecular complexity index is 2040. The molecule has 0 aliphatic heterocycles. The first-order valence-electron chi connectivity index (χ1n) is 16.8. The molecule has 3 N–H and O–H groups in total. The van der Waals surface area contributed by atoms with Crippen molar-refractivity contribution in [1.82, 2.24) is 9.88 Å². The smallest absolute Gasteiger partial charge is 0.416 e. The molecule has 0 bridgehead atoms. The first kappa shape index (κ1) is 37.4. The molecule has 0 unspecified atom stereocenters. The highest BCUT2D eigenvalue weighted by atomic mass is 19.4. The van der Waals surface area contributed by atoms with E-state index in [1.54, 1.807) is 62.7 Å². The first-order valence-corrected chi connectivity index (χ1v) is 16.8. The van der Waals surface area contributed by atoms with E-state index in [1.807, 2.05) is 55.5 Å². The lowest BCUT2D eigenvalue weighted by atomic mass is 9.98. The number of nitrogens with one attached hydrogen (secondary N) is 3. The van der Waals surface area contributed by atoms with Crippen LogP contribution in [0.15, 0.2) is 103 Å². The van der Waals surface area contributed by atoms with Crippen LogP contribution in [0.25, 0.3) is 22.3 Å². The summed E-state index contributed by atoms with van der Waals surface area (Å²) in [6.07, 6.45) is -2.93.